The molecule has 0 saturated heterocycles. The highest BCUT2D eigenvalue weighted by molar-refractivity contribution is 5.38. The maximum Gasteiger partial charge on any atom is 0.00157 e. The predicted molar refractivity (Wildman–Crippen MR) is 74.7 cm³/mol. The summed E-state index contributed by atoms with van der Waals surface area (Å²) in [6.45, 7) is 9.78. The Balaban J connectivity index is 4.84. The van der Waals surface area contributed by atoms with Crippen molar-refractivity contribution >= 4 is 0 Å². The largest absolute Gasteiger partial charge is 0.309 e. The molecule has 0 bridgehead atoms. The fourth-order valence-corrected chi connectivity index (χ4v) is 1.92. The summed E-state index contributed by atoms with van der Waals surface area (Å²) < 4.78 is 0. The van der Waals surface area contributed by atoms with Gasteiger partial charge in [-0.15, -0.1) is 0 Å². The Kier molecular flexibility index (Phi) is 7.92. The van der Waals surface area contributed by atoms with E-state index in [2.05, 4.69) is 64.9 Å². The molecule has 0 saturated carbocycles. The van der Waals surface area contributed by atoms with E-state index in [0.717, 1.165) is 19.4 Å². The van der Waals surface area contributed by atoms with Crippen LogP contribution in [-0.4, -0.2) is 25.5 Å². The van der Waals surface area contributed by atoms with Gasteiger partial charge in [0.1, 0.15) is 0 Å². The number of nitrogens with zero attached hydrogens (tertiary/aromatic N) is 1. The van der Waals surface area contributed by atoms with Crippen molar-refractivity contribution in [1.29, 1.82) is 0 Å². The van der Waals surface area contributed by atoms with Gasteiger partial charge in [0.15, 0.2) is 0 Å². The first-order valence-electron chi connectivity index (χ1n) is 6.19. The Labute approximate surface area is 102 Å². The van der Waals surface area contributed by atoms with Crippen LogP contribution in [0.4, 0.5) is 0 Å². The van der Waals surface area contributed by atoms with Crippen LogP contribution >= 0.6 is 0 Å². The van der Waals surface area contributed by atoms with E-state index in [1.807, 2.05) is 0 Å². The molecule has 0 atom stereocenters. The van der Waals surface area contributed by atoms with Crippen LogP contribution in [0.15, 0.2) is 34.9 Å². The van der Waals surface area contributed by atoms with E-state index in [9.17, 15) is 0 Å². The molecule has 0 aromatic rings. The summed E-state index contributed by atoms with van der Waals surface area (Å²) in [5, 5.41) is 0. The third-order valence-electron chi connectivity index (χ3n) is 2.81. The summed E-state index contributed by atoms with van der Waals surface area (Å²) in [4.78, 5) is 2.24. The van der Waals surface area contributed by atoms with E-state index in [0.29, 0.717) is 0 Å². The Morgan fingerprint density at radius 1 is 1.19 bits per heavy atom. The number of hydrogen-bond donors (Lipinski definition) is 0. The van der Waals surface area contributed by atoms with Crippen LogP contribution in [0, 0.1) is 0 Å². The van der Waals surface area contributed by atoms with E-state index in [1.165, 1.54) is 16.7 Å². The first-order chi connectivity index (χ1) is 7.56. The molecule has 0 heterocycles. The molecular formula is C15H27N. The summed E-state index contributed by atoms with van der Waals surface area (Å²) in [5.74, 6) is 0. The van der Waals surface area contributed by atoms with Crippen molar-refractivity contribution < 1.29 is 0 Å². The maximum atomic E-state index is 2.26. The Morgan fingerprint density at radius 3 is 2.19 bits per heavy atom. The number of allylic oxidation sites excluding steroid dienone is 5. The standard InChI is InChI=1S/C15H27N/c1-7-10-13(4)15(9-3)14(8-2)11-12-16(5)6/h7-8,10H,9,11-12H2,1-6H3/b10-7-,14-8-,15-13+. The Hall–Kier alpha value is -0.820. The van der Waals surface area contributed by atoms with E-state index in [4.69, 9.17) is 0 Å². The van der Waals surface area contributed by atoms with Gasteiger partial charge in [0, 0.05) is 6.54 Å². The summed E-state index contributed by atoms with van der Waals surface area (Å²) >= 11 is 0. The summed E-state index contributed by atoms with van der Waals surface area (Å²) in [6, 6.07) is 0. The topological polar surface area (TPSA) is 3.24 Å². The third kappa shape index (κ3) is 5.32. The van der Waals surface area contributed by atoms with Crippen molar-refractivity contribution in [2.75, 3.05) is 20.6 Å². The second-order valence-corrected chi connectivity index (χ2v) is 4.38. The van der Waals surface area contributed by atoms with E-state index in [-0.39, 0.29) is 0 Å². The van der Waals surface area contributed by atoms with Gasteiger partial charge in [0.25, 0.3) is 0 Å². The second-order valence-electron chi connectivity index (χ2n) is 4.38. The number of hydrogen-bond acceptors (Lipinski definition) is 1. The highest BCUT2D eigenvalue weighted by Gasteiger charge is 2.05. The molecule has 92 valence electrons. The van der Waals surface area contributed by atoms with Gasteiger partial charge in [0.2, 0.25) is 0 Å². The van der Waals surface area contributed by atoms with Crippen molar-refractivity contribution in [2.45, 2.75) is 40.5 Å². The molecule has 0 aromatic heterocycles. The molecule has 0 N–H and O–H groups in total. The van der Waals surface area contributed by atoms with Crippen molar-refractivity contribution in [3.8, 4) is 0 Å². The molecule has 0 aliphatic heterocycles. The van der Waals surface area contributed by atoms with E-state index in [1.54, 1.807) is 0 Å². The quantitative estimate of drug-likeness (QED) is 0.608. The van der Waals surface area contributed by atoms with Gasteiger partial charge in [-0.2, -0.15) is 0 Å². The van der Waals surface area contributed by atoms with Gasteiger partial charge in [-0.25, -0.2) is 0 Å². The van der Waals surface area contributed by atoms with Crippen molar-refractivity contribution in [2.24, 2.45) is 0 Å². The van der Waals surface area contributed by atoms with Crippen LogP contribution < -0.4 is 0 Å². The summed E-state index contributed by atoms with van der Waals surface area (Å²) in [6.07, 6.45) is 8.84. The van der Waals surface area contributed by atoms with Crippen LogP contribution in [0.1, 0.15) is 40.5 Å². The smallest absolute Gasteiger partial charge is 0.00157 e. The third-order valence-corrected chi connectivity index (χ3v) is 2.81. The van der Waals surface area contributed by atoms with Crippen molar-refractivity contribution in [3.63, 3.8) is 0 Å². The molecule has 1 nitrogen and oxygen atoms in total. The normalized spacial score (nSPS) is 14.8. The fraction of sp³-hybridized carbons (Fsp3) is 0.600. The minimum Gasteiger partial charge on any atom is -0.309 e. The molecule has 0 rings (SSSR count). The monoisotopic (exact) mass is 221 g/mol. The van der Waals surface area contributed by atoms with Gasteiger partial charge in [-0.1, -0.05) is 25.2 Å². The lowest BCUT2D eigenvalue weighted by molar-refractivity contribution is 0.413. The summed E-state index contributed by atoms with van der Waals surface area (Å²) in [7, 11) is 4.25. The molecule has 0 spiro atoms. The highest BCUT2D eigenvalue weighted by Crippen LogP contribution is 2.22. The van der Waals surface area contributed by atoms with Gasteiger partial charge >= 0.3 is 0 Å². The highest BCUT2D eigenvalue weighted by atomic mass is 15.0. The predicted octanol–water partition coefficient (Wildman–Crippen LogP) is 4.19. The first kappa shape index (κ1) is 15.2. The minimum absolute atomic E-state index is 1.11. The van der Waals surface area contributed by atoms with Crippen LogP contribution in [0.3, 0.4) is 0 Å². The molecule has 0 radical (unpaired) electrons. The van der Waals surface area contributed by atoms with Crippen molar-refractivity contribution in [1.82, 2.24) is 4.90 Å². The average molecular weight is 221 g/mol. The molecule has 0 aliphatic rings. The van der Waals surface area contributed by atoms with Gasteiger partial charge in [-0.05, 0) is 64.4 Å². The molecule has 0 amide bonds. The first-order valence-corrected chi connectivity index (χ1v) is 6.19. The zero-order chi connectivity index (χ0) is 12.6. The maximum absolute atomic E-state index is 2.26. The molecule has 0 fully saturated rings. The second kappa shape index (κ2) is 8.35. The molecule has 0 aliphatic carbocycles. The Bertz CT molecular complexity index is 280. The lowest BCUT2D eigenvalue weighted by atomic mass is 9.95. The fourth-order valence-electron chi connectivity index (χ4n) is 1.92. The van der Waals surface area contributed by atoms with Crippen LogP contribution in [-0.2, 0) is 0 Å². The van der Waals surface area contributed by atoms with Gasteiger partial charge in [0.05, 0.1) is 0 Å². The zero-order valence-corrected chi connectivity index (χ0v) is 11.8. The minimum atomic E-state index is 1.11. The average Bonchev–Trinajstić information content (AvgIpc) is 2.24. The Morgan fingerprint density at radius 2 is 1.81 bits per heavy atom. The van der Waals surface area contributed by atoms with Crippen molar-refractivity contribution in [3.05, 3.63) is 34.9 Å². The van der Waals surface area contributed by atoms with Crippen LogP contribution in [0.25, 0.3) is 0 Å². The molecular weight excluding hydrogens is 194 g/mol. The SMILES string of the molecule is C\C=C/C(C)=C(CC)/C(=C\C)CCN(C)C. The lowest BCUT2D eigenvalue weighted by Crippen LogP contribution is -2.14. The lowest BCUT2D eigenvalue weighted by Gasteiger charge is -2.15. The van der Waals surface area contributed by atoms with Gasteiger partial charge in [-0.3, -0.25) is 0 Å². The molecule has 0 aromatic carbocycles. The molecule has 1 heteroatoms. The van der Waals surface area contributed by atoms with Crippen LogP contribution in [0.2, 0.25) is 0 Å². The number of rotatable bonds is 6. The van der Waals surface area contributed by atoms with E-state index >= 15 is 0 Å². The molecule has 16 heavy (non-hydrogen) atoms. The summed E-state index contributed by atoms with van der Waals surface area (Å²) in [5.41, 5.74) is 4.39. The van der Waals surface area contributed by atoms with E-state index < -0.39 is 0 Å². The van der Waals surface area contributed by atoms with Gasteiger partial charge < -0.3 is 4.90 Å². The molecule has 0 unspecified atom stereocenters. The van der Waals surface area contributed by atoms with Crippen LogP contribution in [0.5, 0.6) is 0 Å². The zero-order valence-electron chi connectivity index (χ0n) is 11.8.